The van der Waals surface area contributed by atoms with E-state index in [1.54, 1.807) is 13.8 Å². The zero-order valence-corrected chi connectivity index (χ0v) is 24.0. The molecule has 0 unspecified atom stereocenters. The van der Waals surface area contributed by atoms with Crippen LogP contribution in [0.1, 0.15) is 11.4 Å². The second-order valence-corrected chi connectivity index (χ2v) is 7.22. The van der Waals surface area contributed by atoms with Gasteiger partial charge < -0.3 is 20.4 Å². The number of aromatic amines is 2. The van der Waals surface area contributed by atoms with E-state index in [2.05, 4.69) is 40.9 Å². The number of non-ortho nitro benzene ring substituents is 2. The normalized spacial score (nSPS) is 10.4. The minimum Gasteiger partial charge on any atom is -0.871 e. The van der Waals surface area contributed by atoms with E-state index in [1.165, 1.54) is 12.1 Å². The molecule has 0 atom stereocenters. The van der Waals surface area contributed by atoms with Crippen molar-refractivity contribution in [3.8, 4) is 23.3 Å². The minimum atomic E-state index is -0.682. The molecule has 0 saturated carbocycles. The van der Waals surface area contributed by atoms with Gasteiger partial charge in [-0.1, -0.05) is 11.5 Å². The average Bonchev–Trinajstić information content (AvgIpc) is 3.37. The maximum atomic E-state index is 11.5. The molecule has 0 amide bonds. The van der Waals surface area contributed by atoms with Crippen LogP contribution in [0.4, 0.5) is 34.1 Å². The molecule has 18 nitrogen and oxygen atoms in total. The fourth-order valence-corrected chi connectivity index (χ4v) is 2.64. The van der Waals surface area contributed by atoms with E-state index in [-0.39, 0.29) is 81.0 Å². The summed E-state index contributed by atoms with van der Waals surface area (Å²) in [4.78, 5) is 19.6. The van der Waals surface area contributed by atoms with Gasteiger partial charge in [-0.15, -0.1) is 10.2 Å². The van der Waals surface area contributed by atoms with Crippen LogP contribution in [0.5, 0.6) is 23.3 Å². The molecule has 0 fully saturated rings. The third-order valence-electron chi connectivity index (χ3n) is 4.59. The number of benzene rings is 2. The van der Waals surface area contributed by atoms with Crippen LogP contribution in [0.2, 0.25) is 0 Å². The summed E-state index contributed by atoms with van der Waals surface area (Å²) in [6.45, 7) is 3.16. The quantitative estimate of drug-likeness (QED) is 0.123. The van der Waals surface area contributed by atoms with Crippen molar-refractivity contribution >= 4 is 34.1 Å². The number of nitro groups is 2. The molecule has 4 aromatic rings. The van der Waals surface area contributed by atoms with Gasteiger partial charge in [-0.2, -0.15) is 20.4 Å². The number of aryl methyl sites for hydroxylation is 2. The van der Waals surface area contributed by atoms with Gasteiger partial charge in [0.25, 0.3) is 11.4 Å². The molecule has 4 rings (SSSR count). The third-order valence-corrected chi connectivity index (χ3v) is 4.59. The van der Waals surface area contributed by atoms with Gasteiger partial charge in [0.05, 0.1) is 32.6 Å². The minimum absolute atomic E-state index is 0. The van der Waals surface area contributed by atoms with Crippen LogP contribution >= 0.6 is 0 Å². The largest absolute Gasteiger partial charge is 3.00 e. The van der Waals surface area contributed by atoms with Crippen molar-refractivity contribution in [2.75, 3.05) is 0 Å². The molecule has 20 heteroatoms. The van der Waals surface area contributed by atoms with E-state index >= 15 is 0 Å². The van der Waals surface area contributed by atoms with Crippen molar-refractivity contribution in [2.45, 2.75) is 13.8 Å². The van der Waals surface area contributed by atoms with Crippen molar-refractivity contribution in [1.82, 2.24) is 20.4 Å². The van der Waals surface area contributed by atoms with E-state index in [0.29, 0.717) is 11.4 Å². The van der Waals surface area contributed by atoms with Crippen molar-refractivity contribution < 1.29 is 77.2 Å². The van der Waals surface area contributed by atoms with Gasteiger partial charge in [-0.25, -0.2) is 0 Å². The van der Waals surface area contributed by atoms with Crippen LogP contribution in [-0.2, 0) is 17.4 Å². The molecular weight excluding hydrogens is 583 g/mol. The van der Waals surface area contributed by atoms with Gasteiger partial charge in [0.2, 0.25) is 0 Å². The van der Waals surface area contributed by atoms with E-state index in [9.17, 15) is 40.7 Å². The predicted molar refractivity (Wildman–Crippen MR) is 119 cm³/mol. The van der Waals surface area contributed by atoms with E-state index in [4.69, 9.17) is 0 Å². The summed E-state index contributed by atoms with van der Waals surface area (Å²) < 4.78 is 0. The van der Waals surface area contributed by atoms with E-state index in [1.807, 2.05) is 0 Å². The number of nitrogens with zero attached hydrogens (tertiary/aromatic N) is 8. The first-order chi connectivity index (χ1) is 18.0. The molecule has 2 heterocycles. The van der Waals surface area contributed by atoms with E-state index in [0.717, 1.165) is 24.3 Å². The Morgan fingerprint density at radius 3 is 1.27 bits per heavy atom. The maximum Gasteiger partial charge on any atom is 3.00 e. The van der Waals surface area contributed by atoms with Crippen LogP contribution in [0, 0.1) is 34.1 Å². The molecule has 0 spiro atoms. The summed E-state index contributed by atoms with van der Waals surface area (Å²) in [6.07, 6.45) is 0. The number of aromatic nitrogens is 4. The van der Waals surface area contributed by atoms with Gasteiger partial charge in [0, 0.05) is 36.0 Å². The third kappa shape index (κ3) is 8.29. The Morgan fingerprint density at radius 2 is 1.02 bits per heavy atom. The van der Waals surface area contributed by atoms with Crippen LogP contribution < -0.4 is 50.0 Å². The van der Waals surface area contributed by atoms with Crippen molar-refractivity contribution in [1.29, 1.82) is 0 Å². The molecule has 0 aliphatic rings. The Labute approximate surface area is 256 Å². The molecule has 2 aromatic carbocycles. The van der Waals surface area contributed by atoms with Gasteiger partial charge in [-0.05, 0) is 26.0 Å². The summed E-state index contributed by atoms with van der Waals surface area (Å²) >= 11 is 0. The molecule has 0 aliphatic carbocycles. The molecule has 0 aliphatic heterocycles. The molecule has 40 heavy (non-hydrogen) atoms. The fourth-order valence-electron chi connectivity index (χ4n) is 2.64. The molecule has 2 N–H and O–H groups in total. The molecule has 0 saturated heterocycles. The van der Waals surface area contributed by atoms with Crippen LogP contribution in [0.25, 0.3) is 0 Å². The summed E-state index contributed by atoms with van der Waals surface area (Å²) in [6, 6.07) is 6.29. The van der Waals surface area contributed by atoms with Crippen molar-refractivity contribution in [3.63, 3.8) is 0 Å². The molecule has 199 valence electrons. The summed E-state index contributed by atoms with van der Waals surface area (Å²) in [7, 11) is 0. The van der Waals surface area contributed by atoms with Crippen LogP contribution in [0.3, 0.4) is 0 Å². The summed E-state index contributed by atoms with van der Waals surface area (Å²) in [5.41, 5.74) is -0.00108. The number of H-pyrrole nitrogens is 2. The molecular formula is C20H14CrN10NaO8. The van der Waals surface area contributed by atoms with Crippen molar-refractivity contribution in [2.24, 2.45) is 20.5 Å². The Morgan fingerprint density at radius 1 is 0.675 bits per heavy atom. The first-order valence-corrected chi connectivity index (χ1v) is 10.2. The van der Waals surface area contributed by atoms with Crippen LogP contribution in [-0.4, -0.2) is 30.2 Å². The number of hydrogen-bond acceptors (Lipinski definition) is 14. The number of hydrogen-bond donors (Lipinski definition) is 2. The number of rotatable bonds is 6. The zero-order chi connectivity index (χ0) is 28.0. The summed E-state index contributed by atoms with van der Waals surface area (Å²) in [5, 5.41) is 92.5. The topological polar surface area (TPSA) is 285 Å². The molecule has 1 radical (unpaired) electrons. The van der Waals surface area contributed by atoms with Crippen molar-refractivity contribution in [3.05, 3.63) is 68.0 Å². The number of nitro benzene ring substituents is 2. The Hall–Kier alpha value is -4.41. The number of azo groups is 2. The first-order valence-electron chi connectivity index (χ1n) is 10.2. The van der Waals surface area contributed by atoms with Gasteiger partial charge >= 0.3 is 46.9 Å². The van der Waals surface area contributed by atoms with Gasteiger partial charge in [0.1, 0.15) is 11.4 Å². The summed E-state index contributed by atoms with van der Waals surface area (Å²) in [5.74, 6) is -2.47. The second kappa shape index (κ2) is 14.7. The number of nitrogens with one attached hydrogen (secondary N) is 2. The molecule has 2 aromatic heterocycles. The zero-order valence-electron chi connectivity index (χ0n) is 20.7. The Balaban J connectivity index is 0.000000381. The fraction of sp³-hybridized carbons (Fsp3) is 0.100. The van der Waals surface area contributed by atoms with Gasteiger partial charge in [0.15, 0.2) is 0 Å². The first kappa shape index (κ1) is 33.6. The Kier molecular flexibility index (Phi) is 12.3. The smallest absolute Gasteiger partial charge is 0.871 e. The second-order valence-electron chi connectivity index (χ2n) is 7.22. The standard InChI is InChI=1S/2C10H9N5O4.Cr.Na/c2*1-5-9(10(17)14-11-5)13-12-7-3-2-6(15(18)19)4-8(7)16;;/h2*2-4,16H,1H3,(H2,11,14,17);;/q;;+3;+1/p-4. The predicted octanol–water partition coefficient (Wildman–Crippen LogP) is -0.621. The van der Waals surface area contributed by atoms with E-state index < -0.39 is 33.1 Å². The molecule has 0 bridgehead atoms. The van der Waals surface area contributed by atoms with Gasteiger partial charge in [-0.3, -0.25) is 30.4 Å². The average molecular weight is 597 g/mol. The van der Waals surface area contributed by atoms with Crippen LogP contribution in [0.15, 0.2) is 56.9 Å². The monoisotopic (exact) mass is 597 g/mol. The Bertz CT molecular complexity index is 1420. The SMILES string of the molecule is Cc1[nH]nc([O-])c1N=Nc1ccc([N+](=O)[O-])cc1[O-].Cc1[nH]nc([O-])c1N=Nc1ccc([N+](=O)[O-])cc1[O-].[Cr+3].[Na+]. The maximum absolute atomic E-state index is 11.5.